The summed E-state index contributed by atoms with van der Waals surface area (Å²) in [6.07, 6.45) is 3.48. The van der Waals surface area contributed by atoms with Gasteiger partial charge in [0.15, 0.2) is 0 Å². The van der Waals surface area contributed by atoms with E-state index in [2.05, 4.69) is 4.72 Å². The molecule has 0 bridgehead atoms. The molecule has 0 unspecified atom stereocenters. The lowest BCUT2D eigenvalue weighted by Crippen LogP contribution is -2.32. The van der Waals surface area contributed by atoms with E-state index in [4.69, 9.17) is 5.11 Å². The Morgan fingerprint density at radius 2 is 1.78 bits per heavy atom. The van der Waals surface area contributed by atoms with Crippen LogP contribution in [0.3, 0.4) is 0 Å². The summed E-state index contributed by atoms with van der Waals surface area (Å²) in [7, 11) is -3.24. The third-order valence-corrected chi connectivity index (χ3v) is 4.70. The van der Waals surface area contributed by atoms with Crippen LogP contribution in [-0.4, -0.2) is 20.1 Å². The maximum atomic E-state index is 11.8. The van der Waals surface area contributed by atoms with Crippen LogP contribution in [0, 0.1) is 5.92 Å². The first-order chi connectivity index (χ1) is 8.59. The summed E-state index contributed by atoms with van der Waals surface area (Å²) in [5, 5.41) is 8.91. The molecule has 0 radical (unpaired) electrons. The van der Waals surface area contributed by atoms with Crippen molar-refractivity contribution < 1.29 is 13.5 Å². The highest BCUT2D eigenvalue weighted by Crippen LogP contribution is 2.25. The van der Waals surface area contributed by atoms with Crippen molar-refractivity contribution in [2.45, 2.75) is 31.6 Å². The maximum Gasteiger partial charge on any atom is 0.215 e. The van der Waals surface area contributed by atoms with Crippen LogP contribution >= 0.6 is 0 Å². The Bertz CT molecular complexity index is 477. The zero-order valence-electron chi connectivity index (χ0n) is 10.3. The number of sulfonamides is 1. The smallest absolute Gasteiger partial charge is 0.215 e. The minimum atomic E-state index is -3.24. The normalized spacial score (nSPS) is 16.5. The van der Waals surface area contributed by atoms with Gasteiger partial charge in [0.2, 0.25) is 10.0 Å². The Morgan fingerprint density at radius 1 is 1.17 bits per heavy atom. The van der Waals surface area contributed by atoms with Crippen LogP contribution in [0.4, 0.5) is 0 Å². The number of nitrogens with one attached hydrogen (secondary N) is 1. The van der Waals surface area contributed by atoms with Crippen molar-refractivity contribution in [2.75, 3.05) is 6.54 Å². The van der Waals surface area contributed by atoms with Gasteiger partial charge in [0.1, 0.15) is 0 Å². The lowest BCUT2D eigenvalue weighted by atomic mass is 9.86. The average molecular weight is 269 g/mol. The molecule has 0 spiro atoms. The molecular weight excluding hydrogens is 250 g/mol. The van der Waals surface area contributed by atoms with Crippen molar-refractivity contribution in [3.05, 3.63) is 35.4 Å². The topological polar surface area (TPSA) is 66.4 Å². The van der Waals surface area contributed by atoms with E-state index in [1.54, 1.807) is 24.3 Å². The van der Waals surface area contributed by atoms with Gasteiger partial charge in [0.05, 0.1) is 12.4 Å². The second kappa shape index (κ2) is 5.82. The number of hydrogen-bond acceptors (Lipinski definition) is 3. The van der Waals surface area contributed by atoms with Crippen molar-refractivity contribution in [1.29, 1.82) is 0 Å². The zero-order valence-corrected chi connectivity index (χ0v) is 11.1. The molecule has 1 aliphatic carbocycles. The quantitative estimate of drug-likeness (QED) is 0.820. The van der Waals surface area contributed by atoms with E-state index in [-0.39, 0.29) is 12.4 Å². The predicted molar refractivity (Wildman–Crippen MR) is 70.3 cm³/mol. The molecule has 2 rings (SSSR count). The Labute approximate surface area is 108 Å². The molecule has 1 aromatic carbocycles. The highest BCUT2D eigenvalue weighted by molar-refractivity contribution is 7.88. The standard InChI is InChI=1S/C13H19NO3S/c15-9-12-4-6-13(7-5-12)10-18(16,17)14-8-11-2-1-3-11/h4-7,11,14-15H,1-3,8-10H2. The van der Waals surface area contributed by atoms with Gasteiger partial charge in [0, 0.05) is 6.54 Å². The number of benzene rings is 1. The second-order valence-electron chi connectivity index (χ2n) is 4.88. The number of aliphatic hydroxyl groups excluding tert-OH is 1. The SMILES string of the molecule is O=S(=O)(Cc1ccc(CO)cc1)NCC1CCC1. The molecule has 1 aliphatic rings. The van der Waals surface area contributed by atoms with E-state index in [9.17, 15) is 8.42 Å². The summed E-state index contributed by atoms with van der Waals surface area (Å²) >= 11 is 0. The highest BCUT2D eigenvalue weighted by Gasteiger charge is 2.20. The molecule has 0 saturated heterocycles. The largest absolute Gasteiger partial charge is 0.392 e. The lowest BCUT2D eigenvalue weighted by Gasteiger charge is -2.25. The van der Waals surface area contributed by atoms with Crippen molar-refractivity contribution in [3.8, 4) is 0 Å². The van der Waals surface area contributed by atoms with Crippen LogP contribution in [0.5, 0.6) is 0 Å². The summed E-state index contributed by atoms with van der Waals surface area (Å²) in [5.41, 5.74) is 1.53. The van der Waals surface area contributed by atoms with E-state index in [0.29, 0.717) is 12.5 Å². The first kappa shape index (κ1) is 13.5. The summed E-state index contributed by atoms with van der Waals surface area (Å²) in [6.45, 7) is 0.546. The van der Waals surface area contributed by atoms with Crippen molar-refractivity contribution in [1.82, 2.24) is 4.72 Å². The first-order valence-corrected chi connectivity index (χ1v) is 7.90. The highest BCUT2D eigenvalue weighted by atomic mass is 32.2. The number of hydrogen-bond donors (Lipinski definition) is 2. The van der Waals surface area contributed by atoms with Gasteiger partial charge in [-0.1, -0.05) is 30.7 Å². The minimum absolute atomic E-state index is 0.00539. The Morgan fingerprint density at radius 3 is 2.28 bits per heavy atom. The van der Waals surface area contributed by atoms with Crippen LogP contribution < -0.4 is 4.72 Å². The molecule has 5 heteroatoms. The first-order valence-electron chi connectivity index (χ1n) is 6.25. The molecule has 0 heterocycles. The fraction of sp³-hybridized carbons (Fsp3) is 0.538. The molecule has 1 saturated carbocycles. The van der Waals surface area contributed by atoms with Gasteiger partial charge in [-0.15, -0.1) is 0 Å². The molecular formula is C13H19NO3S. The Kier molecular flexibility index (Phi) is 4.37. The van der Waals surface area contributed by atoms with E-state index < -0.39 is 10.0 Å². The van der Waals surface area contributed by atoms with E-state index in [1.165, 1.54) is 6.42 Å². The van der Waals surface area contributed by atoms with Gasteiger partial charge in [-0.05, 0) is 29.9 Å². The lowest BCUT2D eigenvalue weighted by molar-refractivity contribution is 0.282. The molecule has 100 valence electrons. The van der Waals surface area contributed by atoms with Crippen LogP contribution in [0.2, 0.25) is 0 Å². The third kappa shape index (κ3) is 3.80. The van der Waals surface area contributed by atoms with Gasteiger partial charge in [-0.3, -0.25) is 0 Å². The number of aliphatic hydroxyl groups is 1. The summed E-state index contributed by atoms with van der Waals surface area (Å²) in [5.74, 6) is 0.530. The molecule has 4 nitrogen and oxygen atoms in total. The van der Waals surface area contributed by atoms with Gasteiger partial charge < -0.3 is 5.11 Å². The molecule has 0 aliphatic heterocycles. The van der Waals surface area contributed by atoms with Crippen LogP contribution in [0.1, 0.15) is 30.4 Å². The molecule has 1 aromatic rings. The Balaban J connectivity index is 1.89. The van der Waals surface area contributed by atoms with Gasteiger partial charge >= 0.3 is 0 Å². The van der Waals surface area contributed by atoms with E-state index >= 15 is 0 Å². The molecule has 1 fully saturated rings. The summed E-state index contributed by atoms with van der Waals surface area (Å²) in [6, 6.07) is 6.98. The van der Waals surface area contributed by atoms with Crippen molar-refractivity contribution in [2.24, 2.45) is 5.92 Å². The fourth-order valence-electron chi connectivity index (χ4n) is 1.95. The van der Waals surface area contributed by atoms with Crippen LogP contribution in [0.25, 0.3) is 0 Å². The van der Waals surface area contributed by atoms with E-state index in [1.807, 2.05) is 0 Å². The van der Waals surface area contributed by atoms with Crippen molar-refractivity contribution >= 4 is 10.0 Å². The van der Waals surface area contributed by atoms with Gasteiger partial charge in [-0.25, -0.2) is 13.1 Å². The summed E-state index contributed by atoms with van der Waals surface area (Å²) in [4.78, 5) is 0. The average Bonchev–Trinajstić information content (AvgIpc) is 2.27. The zero-order chi connectivity index (χ0) is 13.0. The third-order valence-electron chi connectivity index (χ3n) is 3.38. The molecule has 18 heavy (non-hydrogen) atoms. The molecule has 2 N–H and O–H groups in total. The maximum absolute atomic E-state index is 11.8. The fourth-order valence-corrected chi connectivity index (χ4v) is 3.18. The molecule has 0 aromatic heterocycles. The second-order valence-corrected chi connectivity index (χ2v) is 6.69. The van der Waals surface area contributed by atoms with Crippen LogP contribution in [0.15, 0.2) is 24.3 Å². The predicted octanol–water partition coefficient (Wildman–Crippen LogP) is 1.40. The monoisotopic (exact) mass is 269 g/mol. The Hall–Kier alpha value is -0.910. The summed E-state index contributed by atoms with van der Waals surface area (Å²) < 4.78 is 26.3. The van der Waals surface area contributed by atoms with Gasteiger partial charge in [-0.2, -0.15) is 0 Å². The molecule has 0 amide bonds. The van der Waals surface area contributed by atoms with Crippen molar-refractivity contribution in [3.63, 3.8) is 0 Å². The van der Waals surface area contributed by atoms with E-state index in [0.717, 1.165) is 24.0 Å². The number of rotatable bonds is 6. The van der Waals surface area contributed by atoms with Crippen LogP contribution in [-0.2, 0) is 22.4 Å². The van der Waals surface area contributed by atoms with Gasteiger partial charge in [0.25, 0.3) is 0 Å². The molecule has 0 atom stereocenters. The minimum Gasteiger partial charge on any atom is -0.392 e.